The molecule has 1 aliphatic heterocycles. The van der Waals surface area contributed by atoms with E-state index in [1.165, 1.54) is 31.4 Å². The zero-order chi connectivity index (χ0) is 9.68. The number of halogens is 1. The van der Waals surface area contributed by atoms with Gasteiger partial charge in [0.1, 0.15) is 0 Å². The van der Waals surface area contributed by atoms with E-state index in [1.807, 2.05) is 0 Å². The summed E-state index contributed by atoms with van der Waals surface area (Å²) in [6.07, 6.45) is 5.24. The van der Waals surface area contributed by atoms with E-state index in [2.05, 4.69) is 24.2 Å². The molecular weight excluding hydrogens is 202 g/mol. The van der Waals surface area contributed by atoms with E-state index in [0.29, 0.717) is 0 Å². The Balaban J connectivity index is 2.16. The van der Waals surface area contributed by atoms with Crippen LogP contribution in [0.2, 0.25) is 0 Å². The number of rotatable bonds is 5. The highest BCUT2D eigenvalue weighted by Gasteiger charge is 2.20. The van der Waals surface area contributed by atoms with E-state index >= 15 is 0 Å². The largest absolute Gasteiger partial charge is 0.350 e. The van der Waals surface area contributed by atoms with Gasteiger partial charge in [0.05, 0.1) is 0 Å². The minimum atomic E-state index is 0.140. The van der Waals surface area contributed by atoms with Crippen LogP contribution in [0.15, 0.2) is 11.1 Å². The summed E-state index contributed by atoms with van der Waals surface area (Å²) in [5, 5.41) is 2.15. The molecule has 1 unspecified atom stereocenters. The molecule has 1 atom stereocenters. The Kier molecular flexibility index (Phi) is 5.04. The summed E-state index contributed by atoms with van der Waals surface area (Å²) in [6.45, 7) is 5.49. The lowest BCUT2D eigenvalue weighted by molar-refractivity contribution is 0.372. The standard InChI is InChI=1S/C10H18ClNS/c1-3-4-5-6-7-12-9(2)8-13-10(12)11/h8,10H,3-7H2,1-2H3. The number of allylic oxidation sites excluding steroid dienone is 1. The van der Waals surface area contributed by atoms with Gasteiger partial charge in [0, 0.05) is 12.2 Å². The molecule has 0 saturated heterocycles. The number of hydrogen-bond acceptors (Lipinski definition) is 2. The molecule has 0 spiro atoms. The number of hydrogen-bond donors (Lipinski definition) is 0. The summed E-state index contributed by atoms with van der Waals surface area (Å²) < 4.78 is 0. The molecule has 0 amide bonds. The van der Waals surface area contributed by atoms with Crippen molar-refractivity contribution in [3.63, 3.8) is 0 Å². The van der Waals surface area contributed by atoms with Gasteiger partial charge in [0.15, 0.2) is 4.83 Å². The second-order valence-electron chi connectivity index (χ2n) is 3.44. The molecular formula is C10H18ClNS. The molecule has 0 fully saturated rings. The molecule has 3 heteroatoms. The van der Waals surface area contributed by atoms with Crippen LogP contribution in [-0.2, 0) is 0 Å². The first-order valence-electron chi connectivity index (χ1n) is 4.98. The van der Waals surface area contributed by atoms with Crippen molar-refractivity contribution in [2.45, 2.75) is 44.4 Å². The Hall–Kier alpha value is 0.180. The van der Waals surface area contributed by atoms with Gasteiger partial charge in [-0.05, 0) is 18.8 Å². The highest BCUT2D eigenvalue weighted by Crippen LogP contribution is 2.33. The predicted octanol–water partition coefficient (Wildman–Crippen LogP) is 4.00. The van der Waals surface area contributed by atoms with E-state index in [0.717, 1.165) is 6.54 Å². The van der Waals surface area contributed by atoms with Crippen molar-refractivity contribution in [2.75, 3.05) is 6.54 Å². The van der Waals surface area contributed by atoms with E-state index in [4.69, 9.17) is 11.6 Å². The van der Waals surface area contributed by atoms with Gasteiger partial charge >= 0.3 is 0 Å². The maximum Gasteiger partial charge on any atom is 0.155 e. The SMILES string of the molecule is CCCCCCN1C(C)=CSC1Cl. The van der Waals surface area contributed by atoms with Gasteiger partial charge < -0.3 is 4.90 Å². The molecule has 1 heterocycles. The molecule has 76 valence electrons. The Labute approximate surface area is 90.5 Å². The van der Waals surface area contributed by atoms with Gasteiger partial charge in [-0.1, -0.05) is 49.5 Å². The number of unbranched alkanes of at least 4 members (excludes halogenated alkanes) is 3. The minimum absolute atomic E-state index is 0.140. The minimum Gasteiger partial charge on any atom is -0.350 e. The summed E-state index contributed by atoms with van der Waals surface area (Å²) in [7, 11) is 0. The van der Waals surface area contributed by atoms with Crippen LogP contribution in [0.25, 0.3) is 0 Å². The molecule has 1 aliphatic rings. The fourth-order valence-electron chi connectivity index (χ4n) is 1.44. The van der Waals surface area contributed by atoms with Crippen molar-refractivity contribution in [1.29, 1.82) is 0 Å². The Morgan fingerprint density at radius 3 is 2.77 bits per heavy atom. The van der Waals surface area contributed by atoms with Crippen LogP contribution in [0.5, 0.6) is 0 Å². The maximum atomic E-state index is 6.12. The third-order valence-electron chi connectivity index (χ3n) is 2.30. The second kappa shape index (κ2) is 5.82. The maximum absolute atomic E-state index is 6.12. The van der Waals surface area contributed by atoms with Gasteiger partial charge in [-0.15, -0.1) is 0 Å². The van der Waals surface area contributed by atoms with Crippen LogP contribution in [0, 0.1) is 0 Å². The smallest absolute Gasteiger partial charge is 0.155 e. The molecule has 0 saturated carbocycles. The summed E-state index contributed by atoms with van der Waals surface area (Å²) in [5.74, 6) is 0. The monoisotopic (exact) mass is 219 g/mol. The van der Waals surface area contributed by atoms with E-state index in [1.54, 1.807) is 11.8 Å². The molecule has 0 aliphatic carbocycles. The molecule has 1 nitrogen and oxygen atoms in total. The summed E-state index contributed by atoms with van der Waals surface area (Å²) >= 11 is 7.83. The van der Waals surface area contributed by atoms with Gasteiger partial charge in [-0.25, -0.2) is 0 Å². The fraction of sp³-hybridized carbons (Fsp3) is 0.800. The van der Waals surface area contributed by atoms with Crippen LogP contribution < -0.4 is 0 Å². The van der Waals surface area contributed by atoms with Crippen LogP contribution in [-0.4, -0.2) is 16.3 Å². The second-order valence-corrected chi connectivity index (χ2v) is 5.07. The third kappa shape index (κ3) is 3.43. The lowest BCUT2D eigenvalue weighted by atomic mass is 10.2. The van der Waals surface area contributed by atoms with E-state index < -0.39 is 0 Å². The quantitative estimate of drug-likeness (QED) is 0.391. The van der Waals surface area contributed by atoms with Crippen LogP contribution in [0.1, 0.15) is 39.5 Å². The molecule has 0 N–H and O–H groups in total. The van der Waals surface area contributed by atoms with Gasteiger partial charge in [0.2, 0.25) is 0 Å². The first kappa shape index (κ1) is 11.3. The number of thioether (sulfide) groups is 1. The van der Waals surface area contributed by atoms with Crippen molar-refractivity contribution in [2.24, 2.45) is 0 Å². The average molecular weight is 220 g/mol. The lowest BCUT2D eigenvalue weighted by Crippen LogP contribution is -2.24. The first-order valence-corrected chi connectivity index (χ1v) is 6.36. The molecule has 0 aromatic carbocycles. The fourth-order valence-corrected chi connectivity index (χ4v) is 2.71. The van der Waals surface area contributed by atoms with E-state index in [-0.39, 0.29) is 4.83 Å². The summed E-state index contributed by atoms with van der Waals surface area (Å²) in [4.78, 5) is 2.42. The predicted molar refractivity (Wildman–Crippen MR) is 61.8 cm³/mol. The van der Waals surface area contributed by atoms with Crippen molar-refractivity contribution < 1.29 is 0 Å². The van der Waals surface area contributed by atoms with Gasteiger partial charge in [-0.3, -0.25) is 0 Å². The summed E-state index contributed by atoms with van der Waals surface area (Å²) in [6, 6.07) is 0. The molecule has 1 rings (SSSR count). The van der Waals surface area contributed by atoms with Gasteiger partial charge in [0.25, 0.3) is 0 Å². The number of alkyl halides is 1. The molecule has 0 aromatic rings. The van der Waals surface area contributed by atoms with Crippen molar-refractivity contribution in [1.82, 2.24) is 4.90 Å². The van der Waals surface area contributed by atoms with Crippen molar-refractivity contribution in [3.8, 4) is 0 Å². The Bertz CT molecular complexity index is 182. The Morgan fingerprint density at radius 1 is 1.46 bits per heavy atom. The van der Waals surface area contributed by atoms with Crippen molar-refractivity contribution in [3.05, 3.63) is 11.1 Å². The van der Waals surface area contributed by atoms with Crippen LogP contribution in [0.4, 0.5) is 0 Å². The molecule has 0 radical (unpaired) electrons. The normalized spacial score (nSPS) is 22.2. The van der Waals surface area contributed by atoms with Gasteiger partial charge in [-0.2, -0.15) is 0 Å². The zero-order valence-corrected chi connectivity index (χ0v) is 10.00. The molecule has 13 heavy (non-hydrogen) atoms. The highest BCUT2D eigenvalue weighted by molar-refractivity contribution is 8.04. The topological polar surface area (TPSA) is 3.24 Å². The summed E-state index contributed by atoms with van der Waals surface area (Å²) in [5.41, 5.74) is 1.32. The third-order valence-corrected chi connectivity index (χ3v) is 3.80. The Morgan fingerprint density at radius 2 is 2.23 bits per heavy atom. The number of nitrogens with zero attached hydrogens (tertiary/aromatic N) is 1. The van der Waals surface area contributed by atoms with Crippen LogP contribution >= 0.6 is 23.4 Å². The highest BCUT2D eigenvalue weighted by atomic mass is 35.5. The van der Waals surface area contributed by atoms with Crippen LogP contribution in [0.3, 0.4) is 0 Å². The average Bonchev–Trinajstić information content (AvgIpc) is 2.42. The molecule has 0 bridgehead atoms. The molecule has 0 aromatic heterocycles. The van der Waals surface area contributed by atoms with Crippen molar-refractivity contribution >= 4 is 23.4 Å². The first-order chi connectivity index (χ1) is 6.25. The lowest BCUT2D eigenvalue weighted by Gasteiger charge is -2.23. The van der Waals surface area contributed by atoms with E-state index in [9.17, 15) is 0 Å². The zero-order valence-electron chi connectivity index (χ0n) is 8.42.